The zero-order chi connectivity index (χ0) is 19.6. The maximum Gasteiger partial charge on any atom is 0.269 e. The van der Waals surface area contributed by atoms with Crippen LogP contribution < -0.4 is 20.3 Å². The normalized spacial score (nSPS) is 10.2. The van der Waals surface area contributed by atoms with Gasteiger partial charge in [-0.05, 0) is 43.2 Å². The van der Waals surface area contributed by atoms with E-state index >= 15 is 0 Å². The molecule has 144 valence electrons. The number of benzene rings is 2. The van der Waals surface area contributed by atoms with E-state index in [1.54, 1.807) is 18.2 Å². The molecule has 6 nitrogen and oxygen atoms in total. The van der Waals surface area contributed by atoms with Crippen molar-refractivity contribution in [2.24, 2.45) is 0 Å². The Morgan fingerprint density at radius 3 is 2.56 bits per heavy atom. The van der Waals surface area contributed by atoms with Gasteiger partial charge in [0.25, 0.3) is 5.91 Å². The van der Waals surface area contributed by atoms with Crippen LogP contribution in [0.3, 0.4) is 0 Å². The lowest BCUT2D eigenvalue weighted by Gasteiger charge is -2.12. The molecular formula is C20H24N2O4S. The molecular weight excluding hydrogens is 364 g/mol. The van der Waals surface area contributed by atoms with E-state index in [9.17, 15) is 9.59 Å². The molecule has 0 heterocycles. The van der Waals surface area contributed by atoms with Crippen molar-refractivity contribution in [1.82, 2.24) is 10.9 Å². The van der Waals surface area contributed by atoms with Gasteiger partial charge >= 0.3 is 0 Å². The molecule has 0 unspecified atom stereocenters. The number of hydrazine groups is 1. The zero-order valence-corrected chi connectivity index (χ0v) is 16.5. The number of carbonyl (C=O) groups is 2. The first kappa shape index (κ1) is 20.6. The molecule has 27 heavy (non-hydrogen) atoms. The Kier molecular flexibility index (Phi) is 8.00. The molecule has 0 fully saturated rings. The molecule has 2 aromatic carbocycles. The van der Waals surface area contributed by atoms with Crippen LogP contribution in [0.1, 0.15) is 29.3 Å². The molecule has 2 aromatic rings. The molecule has 2 N–H and O–H groups in total. The monoisotopic (exact) mass is 388 g/mol. The van der Waals surface area contributed by atoms with Crippen LogP contribution in [0, 0.1) is 6.92 Å². The Labute approximate surface area is 163 Å². The molecule has 0 saturated carbocycles. The minimum atomic E-state index is -0.426. The third-order valence-electron chi connectivity index (χ3n) is 3.66. The zero-order valence-electron chi connectivity index (χ0n) is 15.7. The molecule has 0 aromatic heterocycles. The van der Waals surface area contributed by atoms with Crippen molar-refractivity contribution >= 4 is 23.6 Å². The highest BCUT2D eigenvalue weighted by atomic mass is 32.2. The third kappa shape index (κ3) is 6.21. The van der Waals surface area contributed by atoms with Crippen molar-refractivity contribution in [3.8, 4) is 11.5 Å². The van der Waals surface area contributed by atoms with Crippen LogP contribution in [0.25, 0.3) is 0 Å². The Morgan fingerprint density at radius 2 is 1.85 bits per heavy atom. The van der Waals surface area contributed by atoms with Gasteiger partial charge in [0, 0.05) is 10.5 Å². The van der Waals surface area contributed by atoms with Crippen molar-refractivity contribution in [3.05, 3.63) is 53.6 Å². The fraction of sp³-hybridized carbons (Fsp3) is 0.300. The number of nitrogens with one attached hydrogen (secondary N) is 2. The van der Waals surface area contributed by atoms with Crippen molar-refractivity contribution < 1.29 is 19.1 Å². The summed E-state index contributed by atoms with van der Waals surface area (Å²) in [6.07, 6.45) is 0.873. The summed E-state index contributed by atoms with van der Waals surface area (Å²) in [6, 6.07) is 12.7. The highest BCUT2D eigenvalue weighted by Crippen LogP contribution is 2.28. The summed E-state index contributed by atoms with van der Waals surface area (Å²) in [5.74, 6) is 0.543. The van der Waals surface area contributed by atoms with Crippen LogP contribution in [-0.4, -0.2) is 31.3 Å². The highest BCUT2D eigenvalue weighted by molar-refractivity contribution is 8.00. The molecule has 0 atom stereocenters. The summed E-state index contributed by atoms with van der Waals surface area (Å²) in [7, 11) is 1.51. The van der Waals surface area contributed by atoms with Gasteiger partial charge in [-0.2, -0.15) is 0 Å². The largest absolute Gasteiger partial charge is 0.493 e. The number of ether oxygens (including phenoxy) is 2. The number of rotatable bonds is 8. The summed E-state index contributed by atoms with van der Waals surface area (Å²) in [6.45, 7) is 4.56. The van der Waals surface area contributed by atoms with E-state index in [0.717, 1.165) is 16.9 Å². The van der Waals surface area contributed by atoms with Gasteiger partial charge in [0.2, 0.25) is 5.91 Å². The number of thioether (sulfide) groups is 1. The van der Waals surface area contributed by atoms with Gasteiger partial charge < -0.3 is 9.47 Å². The van der Waals surface area contributed by atoms with Crippen LogP contribution in [0.4, 0.5) is 0 Å². The van der Waals surface area contributed by atoms with Crippen molar-refractivity contribution in [2.75, 3.05) is 19.5 Å². The van der Waals surface area contributed by atoms with E-state index in [0.29, 0.717) is 23.7 Å². The van der Waals surface area contributed by atoms with Gasteiger partial charge in [-0.1, -0.05) is 25.1 Å². The molecule has 7 heteroatoms. The Hall–Kier alpha value is -2.67. The van der Waals surface area contributed by atoms with E-state index in [2.05, 4.69) is 10.9 Å². The predicted octanol–water partition coefficient (Wildman–Crippen LogP) is 3.35. The SMILES string of the molecule is CCCOc1ccc(C(=O)NNC(=O)CSc2ccccc2C)cc1OC. The van der Waals surface area contributed by atoms with Crippen LogP contribution in [0.2, 0.25) is 0 Å². The number of hydrogen-bond donors (Lipinski definition) is 2. The topological polar surface area (TPSA) is 76.7 Å². The van der Waals surface area contributed by atoms with Crippen molar-refractivity contribution in [3.63, 3.8) is 0 Å². The van der Waals surface area contributed by atoms with Gasteiger partial charge in [-0.25, -0.2) is 0 Å². The Balaban J connectivity index is 1.87. The molecule has 0 aliphatic carbocycles. The molecule has 0 radical (unpaired) electrons. The van der Waals surface area contributed by atoms with E-state index in [-0.39, 0.29) is 11.7 Å². The number of methoxy groups -OCH3 is 1. The Morgan fingerprint density at radius 1 is 1.07 bits per heavy atom. The standard InChI is InChI=1S/C20H24N2O4S/c1-4-11-26-16-10-9-15(12-17(16)25-3)20(24)22-21-19(23)13-27-18-8-6-5-7-14(18)2/h5-10,12H,4,11,13H2,1-3H3,(H,21,23)(H,22,24). The first-order valence-electron chi connectivity index (χ1n) is 8.63. The van der Waals surface area contributed by atoms with Gasteiger partial charge in [0.15, 0.2) is 11.5 Å². The summed E-state index contributed by atoms with van der Waals surface area (Å²) in [5, 5.41) is 0. The summed E-state index contributed by atoms with van der Waals surface area (Å²) in [4.78, 5) is 25.2. The lowest BCUT2D eigenvalue weighted by atomic mass is 10.2. The van der Waals surface area contributed by atoms with Crippen LogP contribution in [0.15, 0.2) is 47.4 Å². The highest BCUT2D eigenvalue weighted by Gasteiger charge is 2.12. The number of hydrogen-bond acceptors (Lipinski definition) is 5. The quantitative estimate of drug-likeness (QED) is 0.536. The predicted molar refractivity (Wildman–Crippen MR) is 106 cm³/mol. The second kappa shape index (κ2) is 10.5. The lowest BCUT2D eigenvalue weighted by Crippen LogP contribution is -2.42. The van der Waals surface area contributed by atoms with Crippen LogP contribution in [-0.2, 0) is 4.79 Å². The first-order valence-corrected chi connectivity index (χ1v) is 9.62. The molecule has 2 rings (SSSR count). The van der Waals surface area contributed by atoms with Crippen LogP contribution in [0.5, 0.6) is 11.5 Å². The third-order valence-corrected chi connectivity index (χ3v) is 4.83. The minimum Gasteiger partial charge on any atom is -0.493 e. The second-order valence-corrected chi connectivity index (χ2v) is 6.79. The summed E-state index contributed by atoms with van der Waals surface area (Å²) >= 11 is 1.42. The molecule has 0 spiro atoms. The Bertz CT molecular complexity index is 795. The average molecular weight is 388 g/mol. The lowest BCUT2D eigenvalue weighted by molar-refractivity contribution is -0.119. The first-order chi connectivity index (χ1) is 13.0. The summed E-state index contributed by atoms with van der Waals surface area (Å²) in [5.41, 5.74) is 6.31. The number of aryl methyl sites for hydroxylation is 1. The maximum absolute atomic E-state index is 12.2. The van der Waals surface area contributed by atoms with Gasteiger partial charge in [0.05, 0.1) is 19.5 Å². The van der Waals surface area contributed by atoms with Gasteiger partial charge in [-0.3, -0.25) is 20.4 Å². The van der Waals surface area contributed by atoms with E-state index in [4.69, 9.17) is 9.47 Å². The van der Waals surface area contributed by atoms with Crippen molar-refractivity contribution in [2.45, 2.75) is 25.2 Å². The van der Waals surface area contributed by atoms with E-state index in [1.807, 2.05) is 38.1 Å². The number of carbonyl (C=O) groups excluding carboxylic acids is 2. The van der Waals surface area contributed by atoms with E-state index < -0.39 is 5.91 Å². The fourth-order valence-electron chi connectivity index (χ4n) is 2.24. The van der Waals surface area contributed by atoms with Gasteiger partial charge in [-0.15, -0.1) is 11.8 Å². The maximum atomic E-state index is 12.2. The molecule has 0 aliphatic heterocycles. The van der Waals surface area contributed by atoms with E-state index in [1.165, 1.54) is 18.9 Å². The molecule has 2 amide bonds. The van der Waals surface area contributed by atoms with Crippen LogP contribution >= 0.6 is 11.8 Å². The molecule has 0 saturated heterocycles. The van der Waals surface area contributed by atoms with Gasteiger partial charge in [0.1, 0.15) is 0 Å². The summed E-state index contributed by atoms with van der Waals surface area (Å²) < 4.78 is 10.8. The second-order valence-electron chi connectivity index (χ2n) is 5.77. The van der Waals surface area contributed by atoms with Crippen molar-refractivity contribution in [1.29, 1.82) is 0 Å². The smallest absolute Gasteiger partial charge is 0.269 e. The molecule has 0 bridgehead atoms. The average Bonchev–Trinajstić information content (AvgIpc) is 2.69. The number of amides is 2. The minimum absolute atomic E-state index is 0.207. The molecule has 0 aliphatic rings. The fourth-order valence-corrected chi connectivity index (χ4v) is 3.07.